The SMILES string of the molecule is Cc1ccccc1C(C)(C1=c2ccccc2=N/C1=C1\CC=CC=C1O)c1ccccc1S. The molecule has 0 saturated heterocycles. The highest BCUT2D eigenvalue weighted by Gasteiger charge is 2.40. The van der Waals surface area contributed by atoms with Gasteiger partial charge in [-0.05, 0) is 55.2 Å². The van der Waals surface area contributed by atoms with Crippen LogP contribution in [-0.4, -0.2) is 5.11 Å². The molecule has 0 amide bonds. The summed E-state index contributed by atoms with van der Waals surface area (Å²) in [5.41, 5.74) is 5.82. The van der Waals surface area contributed by atoms with Crippen molar-refractivity contribution in [2.24, 2.45) is 4.99 Å². The van der Waals surface area contributed by atoms with Crippen LogP contribution in [0.1, 0.15) is 30.0 Å². The Balaban J connectivity index is 1.95. The smallest absolute Gasteiger partial charge is 0.121 e. The van der Waals surface area contributed by atoms with Crippen LogP contribution in [0.15, 0.2) is 118 Å². The zero-order valence-electron chi connectivity index (χ0n) is 18.2. The topological polar surface area (TPSA) is 32.6 Å². The maximum Gasteiger partial charge on any atom is 0.121 e. The maximum absolute atomic E-state index is 10.8. The molecule has 0 spiro atoms. The van der Waals surface area contributed by atoms with Crippen LogP contribution in [0.5, 0.6) is 0 Å². The van der Waals surface area contributed by atoms with E-state index in [0.29, 0.717) is 6.42 Å². The molecule has 5 rings (SSSR count). The molecule has 3 heteroatoms. The molecule has 0 aromatic heterocycles. The Morgan fingerprint density at radius 2 is 1.59 bits per heavy atom. The van der Waals surface area contributed by atoms with E-state index in [1.165, 1.54) is 11.1 Å². The number of nitrogens with zero attached hydrogens (tertiary/aromatic N) is 1. The van der Waals surface area contributed by atoms with Crippen molar-refractivity contribution in [2.45, 2.75) is 30.6 Å². The molecule has 32 heavy (non-hydrogen) atoms. The van der Waals surface area contributed by atoms with E-state index >= 15 is 0 Å². The monoisotopic (exact) mass is 435 g/mol. The van der Waals surface area contributed by atoms with Crippen LogP contribution in [0.4, 0.5) is 0 Å². The van der Waals surface area contributed by atoms with Gasteiger partial charge in [-0.25, -0.2) is 4.99 Å². The minimum Gasteiger partial charge on any atom is -0.508 e. The second-order valence-electron chi connectivity index (χ2n) is 8.47. The first kappa shape index (κ1) is 20.6. The van der Waals surface area contributed by atoms with Gasteiger partial charge in [-0.2, -0.15) is 0 Å². The van der Waals surface area contributed by atoms with E-state index in [-0.39, 0.29) is 5.76 Å². The van der Waals surface area contributed by atoms with E-state index in [2.05, 4.69) is 68.5 Å². The van der Waals surface area contributed by atoms with Gasteiger partial charge in [0.1, 0.15) is 5.76 Å². The van der Waals surface area contributed by atoms with Crippen molar-refractivity contribution < 1.29 is 5.11 Å². The predicted octanol–water partition coefficient (Wildman–Crippen LogP) is 5.73. The Hall–Kier alpha value is -3.30. The number of aliphatic hydroxyl groups excluding tert-OH is 1. The number of hydrogen-bond acceptors (Lipinski definition) is 3. The molecule has 2 aliphatic rings. The first-order valence-corrected chi connectivity index (χ1v) is 11.3. The molecule has 1 aliphatic carbocycles. The van der Waals surface area contributed by atoms with Gasteiger partial charge >= 0.3 is 0 Å². The van der Waals surface area contributed by atoms with Gasteiger partial charge in [0.15, 0.2) is 0 Å². The Bertz CT molecular complexity index is 1400. The van der Waals surface area contributed by atoms with Crippen molar-refractivity contribution in [2.75, 3.05) is 0 Å². The molecule has 0 radical (unpaired) electrons. The summed E-state index contributed by atoms with van der Waals surface area (Å²) in [6, 6.07) is 25.1. The van der Waals surface area contributed by atoms with Gasteiger partial charge in [0.2, 0.25) is 0 Å². The van der Waals surface area contributed by atoms with E-state index < -0.39 is 5.41 Å². The fraction of sp³-hybridized carbons (Fsp3) is 0.138. The number of rotatable bonds is 3. The van der Waals surface area contributed by atoms with Gasteiger partial charge in [-0.3, -0.25) is 0 Å². The molecule has 0 fully saturated rings. The van der Waals surface area contributed by atoms with Crippen LogP contribution in [0.3, 0.4) is 0 Å². The number of allylic oxidation sites excluding steroid dienone is 5. The zero-order valence-corrected chi connectivity index (χ0v) is 19.1. The Labute approximate surface area is 194 Å². The van der Waals surface area contributed by atoms with Crippen LogP contribution in [-0.2, 0) is 5.41 Å². The largest absolute Gasteiger partial charge is 0.508 e. The molecular weight excluding hydrogens is 410 g/mol. The van der Waals surface area contributed by atoms with Crippen molar-refractivity contribution >= 4 is 18.2 Å². The summed E-state index contributed by atoms with van der Waals surface area (Å²) in [7, 11) is 0. The highest BCUT2D eigenvalue weighted by atomic mass is 32.1. The van der Waals surface area contributed by atoms with Gasteiger partial charge < -0.3 is 5.11 Å². The van der Waals surface area contributed by atoms with Crippen molar-refractivity contribution in [3.05, 3.63) is 135 Å². The van der Waals surface area contributed by atoms with Crippen LogP contribution in [0.25, 0.3) is 5.57 Å². The van der Waals surface area contributed by atoms with Gasteiger partial charge in [-0.1, -0.05) is 72.8 Å². The third-order valence-electron chi connectivity index (χ3n) is 6.58. The average Bonchev–Trinajstić information content (AvgIpc) is 3.19. The Morgan fingerprint density at radius 3 is 2.34 bits per heavy atom. The molecule has 0 bridgehead atoms. The average molecular weight is 436 g/mol. The number of benzene rings is 3. The molecule has 1 unspecified atom stereocenters. The van der Waals surface area contributed by atoms with Crippen LogP contribution in [0, 0.1) is 6.92 Å². The van der Waals surface area contributed by atoms with E-state index in [0.717, 1.165) is 37.9 Å². The third kappa shape index (κ3) is 3.16. The molecular formula is C29H25NOS. The number of aliphatic hydroxyl groups is 1. The number of hydrogen-bond donors (Lipinski definition) is 2. The molecule has 2 nitrogen and oxygen atoms in total. The second kappa shape index (κ2) is 7.99. The molecule has 1 heterocycles. The van der Waals surface area contributed by atoms with Crippen LogP contribution in [0.2, 0.25) is 0 Å². The predicted molar refractivity (Wildman–Crippen MR) is 133 cm³/mol. The lowest BCUT2D eigenvalue weighted by molar-refractivity contribution is 0.419. The fourth-order valence-electron chi connectivity index (χ4n) is 5.02. The van der Waals surface area contributed by atoms with E-state index in [1.54, 1.807) is 6.08 Å². The van der Waals surface area contributed by atoms with Gasteiger partial charge in [0.25, 0.3) is 0 Å². The maximum atomic E-state index is 10.8. The van der Waals surface area contributed by atoms with E-state index in [1.807, 2.05) is 30.3 Å². The summed E-state index contributed by atoms with van der Waals surface area (Å²) in [5.74, 6) is 0.280. The molecule has 3 aromatic carbocycles. The molecule has 1 N–H and O–H groups in total. The van der Waals surface area contributed by atoms with Crippen LogP contribution < -0.4 is 10.6 Å². The first-order valence-electron chi connectivity index (χ1n) is 10.8. The molecule has 1 atom stereocenters. The minimum absolute atomic E-state index is 0.280. The molecule has 1 aliphatic heterocycles. The number of fused-ring (bicyclic) bond motifs is 1. The lowest BCUT2D eigenvalue weighted by Crippen LogP contribution is -2.34. The summed E-state index contributed by atoms with van der Waals surface area (Å²) < 4.78 is 0. The zero-order chi connectivity index (χ0) is 22.3. The lowest BCUT2D eigenvalue weighted by atomic mass is 9.67. The lowest BCUT2D eigenvalue weighted by Gasteiger charge is -2.36. The Morgan fingerprint density at radius 1 is 0.906 bits per heavy atom. The second-order valence-corrected chi connectivity index (χ2v) is 8.95. The quantitative estimate of drug-likeness (QED) is 0.506. The first-order chi connectivity index (χ1) is 15.5. The van der Waals surface area contributed by atoms with Crippen molar-refractivity contribution in [1.29, 1.82) is 0 Å². The highest BCUT2D eigenvalue weighted by molar-refractivity contribution is 7.80. The summed E-state index contributed by atoms with van der Waals surface area (Å²) in [6.45, 7) is 4.41. The highest BCUT2D eigenvalue weighted by Crippen LogP contribution is 2.48. The van der Waals surface area contributed by atoms with E-state index in [4.69, 9.17) is 17.6 Å². The van der Waals surface area contributed by atoms with Crippen molar-refractivity contribution in [3.8, 4) is 0 Å². The van der Waals surface area contributed by atoms with Gasteiger partial charge in [0, 0.05) is 26.7 Å². The summed E-state index contributed by atoms with van der Waals surface area (Å²) >= 11 is 4.88. The van der Waals surface area contributed by atoms with Gasteiger partial charge in [0.05, 0.1) is 11.1 Å². The number of thiol groups is 1. The summed E-state index contributed by atoms with van der Waals surface area (Å²) in [5, 5.41) is 12.8. The number of para-hydroxylation sites is 1. The minimum atomic E-state index is -0.524. The molecule has 158 valence electrons. The standard InChI is InChI=1S/C29H25NOS/c1-19-11-3-6-14-22(19)29(2,23-15-7-10-18-26(23)32)27-20-12-4-8-16-24(20)30-28(27)21-13-5-9-17-25(21)31/h3-12,14-18,31-32H,13H2,1-2H3/b28-21+. The fourth-order valence-corrected chi connectivity index (χ4v) is 5.41. The van der Waals surface area contributed by atoms with Crippen LogP contribution >= 0.6 is 12.6 Å². The van der Waals surface area contributed by atoms with Crippen molar-refractivity contribution in [3.63, 3.8) is 0 Å². The third-order valence-corrected chi connectivity index (χ3v) is 6.97. The normalized spacial score (nSPS) is 19.2. The van der Waals surface area contributed by atoms with Crippen molar-refractivity contribution in [1.82, 2.24) is 0 Å². The summed E-state index contributed by atoms with van der Waals surface area (Å²) in [6.07, 6.45) is 6.35. The molecule has 0 saturated carbocycles. The summed E-state index contributed by atoms with van der Waals surface area (Å²) in [4.78, 5) is 6.00. The van der Waals surface area contributed by atoms with Gasteiger partial charge in [-0.15, -0.1) is 12.6 Å². The molecule has 3 aromatic rings. The van der Waals surface area contributed by atoms with E-state index in [9.17, 15) is 5.11 Å². The Kier molecular flexibility index (Phi) is 5.15. The number of aryl methyl sites for hydroxylation is 1.